The van der Waals surface area contributed by atoms with Crippen LogP contribution in [0.25, 0.3) is 0 Å². The Morgan fingerprint density at radius 2 is 1.85 bits per heavy atom. The lowest BCUT2D eigenvalue weighted by Gasteiger charge is -2.41. The fourth-order valence-corrected chi connectivity index (χ4v) is 3.46. The van der Waals surface area contributed by atoms with Crippen molar-refractivity contribution < 1.29 is 0 Å². The number of halogens is 1. The molecule has 20 heavy (non-hydrogen) atoms. The number of anilines is 1. The maximum Gasteiger partial charge on any atom is 0.135 e. The van der Waals surface area contributed by atoms with Crippen LogP contribution in [-0.4, -0.2) is 23.1 Å². The van der Waals surface area contributed by atoms with Gasteiger partial charge in [0.05, 0.1) is 0 Å². The normalized spacial score (nSPS) is 22.1. The molecule has 0 spiro atoms. The van der Waals surface area contributed by atoms with Crippen LogP contribution < -0.4 is 4.90 Å². The first-order valence-corrected chi connectivity index (χ1v) is 8.33. The summed E-state index contributed by atoms with van der Waals surface area (Å²) in [6.45, 7) is 6.84. The molecule has 0 amide bonds. The van der Waals surface area contributed by atoms with Crippen molar-refractivity contribution in [3.63, 3.8) is 0 Å². The van der Waals surface area contributed by atoms with Crippen molar-refractivity contribution in [3.05, 3.63) is 17.0 Å². The van der Waals surface area contributed by atoms with E-state index in [1.807, 2.05) is 6.07 Å². The SMILES string of the molecule is CCC1(CC)CCN(c2cc(Cl)nc(C3CC3)n2)CC1. The Balaban J connectivity index is 1.74. The van der Waals surface area contributed by atoms with Crippen LogP contribution in [0.4, 0.5) is 5.82 Å². The van der Waals surface area contributed by atoms with Crippen LogP contribution in [-0.2, 0) is 0 Å². The molecule has 2 aliphatic rings. The van der Waals surface area contributed by atoms with E-state index in [-0.39, 0.29) is 0 Å². The van der Waals surface area contributed by atoms with Crippen molar-refractivity contribution in [1.82, 2.24) is 9.97 Å². The molecule has 1 aromatic heterocycles. The highest BCUT2D eigenvalue weighted by Crippen LogP contribution is 2.41. The Hall–Kier alpha value is -0.830. The second-order valence-electron chi connectivity index (χ2n) is 6.38. The summed E-state index contributed by atoms with van der Waals surface area (Å²) in [4.78, 5) is 11.5. The van der Waals surface area contributed by atoms with E-state index < -0.39 is 0 Å². The number of hydrogen-bond acceptors (Lipinski definition) is 3. The van der Waals surface area contributed by atoms with Crippen LogP contribution in [0.2, 0.25) is 5.15 Å². The molecule has 0 bridgehead atoms. The predicted octanol–water partition coefficient (Wildman–Crippen LogP) is 4.41. The standard InChI is InChI=1S/C16H24ClN3/c1-3-16(4-2)7-9-20(10-8-16)14-11-13(17)18-15(19-14)12-5-6-12/h11-12H,3-10H2,1-2H3. The van der Waals surface area contributed by atoms with Gasteiger partial charge in [0.1, 0.15) is 16.8 Å². The van der Waals surface area contributed by atoms with Gasteiger partial charge < -0.3 is 4.90 Å². The van der Waals surface area contributed by atoms with E-state index >= 15 is 0 Å². The fourth-order valence-electron chi connectivity index (χ4n) is 3.28. The molecule has 110 valence electrons. The summed E-state index contributed by atoms with van der Waals surface area (Å²) < 4.78 is 0. The topological polar surface area (TPSA) is 29.0 Å². The molecule has 0 atom stereocenters. The zero-order chi connectivity index (χ0) is 14.2. The van der Waals surface area contributed by atoms with Gasteiger partial charge in [-0.2, -0.15) is 0 Å². The Morgan fingerprint density at radius 1 is 1.20 bits per heavy atom. The van der Waals surface area contributed by atoms with Gasteiger partial charge in [-0.15, -0.1) is 0 Å². The van der Waals surface area contributed by atoms with E-state index in [1.54, 1.807) is 0 Å². The third-order valence-corrected chi connectivity index (χ3v) is 5.48. The zero-order valence-corrected chi connectivity index (χ0v) is 13.3. The number of piperidine rings is 1. The number of aromatic nitrogens is 2. The van der Waals surface area contributed by atoms with Gasteiger partial charge in [-0.25, -0.2) is 9.97 Å². The minimum absolute atomic E-state index is 0.548. The smallest absolute Gasteiger partial charge is 0.135 e. The molecule has 0 radical (unpaired) electrons. The van der Waals surface area contributed by atoms with Crippen molar-refractivity contribution in [1.29, 1.82) is 0 Å². The second-order valence-corrected chi connectivity index (χ2v) is 6.76. The molecule has 1 aliphatic heterocycles. The molecular weight excluding hydrogens is 270 g/mol. The molecule has 1 saturated carbocycles. The number of nitrogens with zero attached hydrogens (tertiary/aromatic N) is 3. The highest BCUT2D eigenvalue weighted by molar-refractivity contribution is 6.29. The van der Waals surface area contributed by atoms with Crippen LogP contribution in [0.3, 0.4) is 0 Å². The maximum atomic E-state index is 6.17. The highest BCUT2D eigenvalue weighted by atomic mass is 35.5. The Bertz CT molecular complexity index is 471. The van der Waals surface area contributed by atoms with Crippen molar-refractivity contribution >= 4 is 17.4 Å². The van der Waals surface area contributed by atoms with Gasteiger partial charge in [-0.05, 0) is 31.1 Å². The quantitative estimate of drug-likeness (QED) is 0.770. The fraction of sp³-hybridized carbons (Fsp3) is 0.750. The number of rotatable bonds is 4. The first-order valence-electron chi connectivity index (χ1n) is 7.95. The first-order chi connectivity index (χ1) is 9.65. The van der Waals surface area contributed by atoms with Gasteiger partial charge in [-0.3, -0.25) is 0 Å². The molecule has 1 aliphatic carbocycles. The van der Waals surface area contributed by atoms with Crippen molar-refractivity contribution in [2.75, 3.05) is 18.0 Å². The molecule has 3 nitrogen and oxygen atoms in total. The average Bonchev–Trinajstić information content (AvgIpc) is 3.31. The lowest BCUT2D eigenvalue weighted by molar-refractivity contribution is 0.199. The second kappa shape index (κ2) is 5.51. The Labute approximate surface area is 126 Å². The largest absolute Gasteiger partial charge is 0.356 e. The summed E-state index contributed by atoms with van der Waals surface area (Å²) in [5, 5.41) is 0.597. The summed E-state index contributed by atoms with van der Waals surface area (Å²) in [5.74, 6) is 2.55. The van der Waals surface area contributed by atoms with Crippen LogP contribution in [0.15, 0.2) is 6.07 Å². The monoisotopic (exact) mass is 293 g/mol. The summed E-state index contributed by atoms with van der Waals surface area (Å²) in [6, 6.07) is 1.93. The van der Waals surface area contributed by atoms with Crippen LogP contribution in [0, 0.1) is 5.41 Å². The minimum Gasteiger partial charge on any atom is -0.356 e. The van der Waals surface area contributed by atoms with E-state index in [2.05, 4.69) is 23.7 Å². The minimum atomic E-state index is 0.548. The lowest BCUT2D eigenvalue weighted by Crippen LogP contribution is -2.40. The van der Waals surface area contributed by atoms with Crippen LogP contribution >= 0.6 is 11.6 Å². The van der Waals surface area contributed by atoms with E-state index in [0.29, 0.717) is 16.5 Å². The predicted molar refractivity (Wildman–Crippen MR) is 83.5 cm³/mol. The van der Waals surface area contributed by atoms with Gasteiger partial charge in [0, 0.05) is 25.1 Å². The van der Waals surface area contributed by atoms with Crippen molar-refractivity contribution in [2.24, 2.45) is 5.41 Å². The molecule has 1 saturated heterocycles. The van der Waals surface area contributed by atoms with E-state index in [1.165, 1.54) is 38.5 Å². The molecule has 0 aromatic carbocycles. The van der Waals surface area contributed by atoms with Gasteiger partial charge in [0.15, 0.2) is 0 Å². The maximum absolute atomic E-state index is 6.17. The first kappa shape index (κ1) is 14.1. The van der Waals surface area contributed by atoms with Crippen molar-refractivity contribution in [3.8, 4) is 0 Å². The highest BCUT2D eigenvalue weighted by Gasteiger charge is 2.33. The van der Waals surface area contributed by atoms with Gasteiger partial charge in [0.2, 0.25) is 0 Å². The summed E-state index contributed by atoms with van der Waals surface area (Å²) in [7, 11) is 0. The van der Waals surface area contributed by atoms with Crippen molar-refractivity contribution in [2.45, 2.75) is 58.3 Å². The van der Waals surface area contributed by atoms with E-state index in [0.717, 1.165) is 24.7 Å². The average molecular weight is 294 g/mol. The molecule has 1 aromatic rings. The molecule has 0 N–H and O–H groups in total. The number of hydrogen-bond donors (Lipinski definition) is 0. The van der Waals surface area contributed by atoms with Crippen LogP contribution in [0.5, 0.6) is 0 Å². The Kier molecular flexibility index (Phi) is 3.89. The third kappa shape index (κ3) is 2.78. The zero-order valence-electron chi connectivity index (χ0n) is 12.5. The van der Waals surface area contributed by atoms with Gasteiger partial charge >= 0.3 is 0 Å². The Morgan fingerprint density at radius 3 is 2.40 bits per heavy atom. The van der Waals surface area contributed by atoms with Gasteiger partial charge in [0.25, 0.3) is 0 Å². The molecule has 0 unspecified atom stereocenters. The molecule has 3 rings (SSSR count). The molecular formula is C16H24ClN3. The summed E-state index contributed by atoms with van der Waals surface area (Å²) in [5.41, 5.74) is 0.548. The lowest BCUT2D eigenvalue weighted by atomic mass is 9.74. The summed E-state index contributed by atoms with van der Waals surface area (Å²) >= 11 is 6.17. The summed E-state index contributed by atoms with van der Waals surface area (Å²) in [6.07, 6.45) is 7.54. The molecule has 4 heteroatoms. The molecule has 2 fully saturated rings. The van der Waals surface area contributed by atoms with E-state index in [9.17, 15) is 0 Å². The van der Waals surface area contributed by atoms with Gasteiger partial charge in [-0.1, -0.05) is 38.3 Å². The van der Waals surface area contributed by atoms with Crippen LogP contribution in [0.1, 0.15) is 64.1 Å². The molecule has 2 heterocycles. The third-order valence-electron chi connectivity index (χ3n) is 5.29. The van der Waals surface area contributed by atoms with E-state index in [4.69, 9.17) is 16.6 Å².